The van der Waals surface area contributed by atoms with E-state index in [9.17, 15) is 0 Å². The van der Waals surface area contributed by atoms with Gasteiger partial charge in [0.05, 0.1) is 5.69 Å². The van der Waals surface area contributed by atoms with Crippen LogP contribution in [-0.2, 0) is 13.6 Å². The Labute approximate surface area is 120 Å². The average molecular weight is 270 g/mol. The summed E-state index contributed by atoms with van der Waals surface area (Å²) in [6.45, 7) is 0.828. The minimum atomic E-state index is 0.622. The van der Waals surface area contributed by atoms with Crippen molar-refractivity contribution in [3.8, 4) is 0 Å². The van der Waals surface area contributed by atoms with Gasteiger partial charge in [-0.15, -0.1) is 5.10 Å². The lowest BCUT2D eigenvalue weighted by atomic mass is 9.82. The smallest absolute Gasteiger partial charge is 0.0964 e. The molecule has 2 aromatic rings. The Kier molecular flexibility index (Phi) is 4.11. The number of rotatable bonds is 4. The second-order valence-electron chi connectivity index (χ2n) is 5.72. The highest BCUT2D eigenvalue weighted by Gasteiger charge is 2.21. The lowest BCUT2D eigenvalue weighted by Gasteiger charge is -2.29. The standard InChI is InChI=1S/C16H22N4/c1-20-12-16(18-19-20)11-17-15-9-7-14(8-10-15)13-5-3-2-4-6-13/h2-6,12,14-15,17H,7-11H2,1H3. The fourth-order valence-electron chi connectivity index (χ4n) is 3.08. The average Bonchev–Trinajstić information content (AvgIpc) is 2.92. The first-order chi connectivity index (χ1) is 9.81. The molecule has 1 saturated carbocycles. The van der Waals surface area contributed by atoms with Crippen molar-refractivity contribution in [1.29, 1.82) is 0 Å². The molecule has 0 aliphatic heterocycles. The molecule has 4 heteroatoms. The van der Waals surface area contributed by atoms with Gasteiger partial charge in [0.1, 0.15) is 0 Å². The van der Waals surface area contributed by atoms with E-state index in [1.165, 1.54) is 31.2 Å². The van der Waals surface area contributed by atoms with E-state index in [2.05, 4.69) is 46.0 Å². The molecule has 0 amide bonds. The van der Waals surface area contributed by atoms with Gasteiger partial charge < -0.3 is 5.32 Å². The molecule has 0 bridgehead atoms. The van der Waals surface area contributed by atoms with E-state index >= 15 is 0 Å². The Balaban J connectivity index is 1.47. The van der Waals surface area contributed by atoms with Crippen LogP contribution in [0.1, 0.15) is 42.9 Å². The van der Waals surface area contributed by atoms with Gasteiger partial charge in [-0.3, -0.25) is 4.68 Å². The molecule has 0 spiro atoms. The molecule has 0 atom stereocenters. The Morgan fingerprint density at radius 1 is 1.15 bits per heavy atom. The summed E-state index contributed by atoms with van der Waals surface area (Å²) in [5.41, 5.74) is 2.53. The van der Waals surface area contributed by atoms with Crippen molar-refractivity contribution in [1.82, 2.24) is 20.3 Å². The maximum atomic E-state index is 4.11. The number of hydrogen-bond acceptors (Lipinski definition) is 3. The molecule has 1 fully saturated rings. The van der Waals surface area contributed by atoms with E-state index in [-0.39, 0.29) is 0 Å². The van der Waals surface area contributed by atoms with Crippen LogP contribution < -0.4 is 5.32 Å². The van der Waals surface area contributed by atoms with Crippen LogP contribution in [0.5, 0.6) is 0 Å². The molecule has 20 heavy (non-hydrogen) atoms. The van der Waals surface area contributed by atoms with E-state index in [0.717, 1.165) is 18.2 Å². The second kappa shape index (κ2) is 6.18. The minimum Gasteiger partial charge on any atom is -0.308 e. The first-order valence-corrected chi connectivity index (χ1v) is 7.45. The van der Waals surface area contributed by atoms with Gasteiger partial charge in [-0.1, -0.05) is 35.5 Å². The van der Waals surface area contributed by atoms with Crippen molar-refractivity contribution in [2.75, 3.05) is 0 Å². The van der Waals surface area contributed by atoms with Crippen molar-refractivity contribution < 1.29 is 0 Å². The summed E-state index contributed by atoms with van der Waals surface area (Å²) >= 11 is 0. The van der Waals surface area contributed by atoms with E-state index in [4.69, 9.17) is 0 Å². The summed E-state index contributed by atoms with van der Waals surface area (Å²) in [6.07, 6.45) is 7.03. The van der Waals surface area contributed by atoms with E-state index in [1.807, 2.05) is 13.2 Å². The lowest BCUT2D eigenvalue weighted by molar-refractivity contribution is 0.340. The summed E-state index contributed by atoms with van der Waals surface area (Å²) in [5.74, 6) is 0.741. The second-order valence-corrected chi connectivity index (χ2v) is 5.72. The molecule has 1 N–H and O–H groups in total. The molecule has 0 unspecified atom stereocenters. The molecule has 1 aliphatic carbocycles. The molecule has 1 aromatic heterocycles. The molecule has 1 heterocycles. The highest BCUT2D eigenvalue weighted by atomic mass is 15.4. The minimum absolute atomic E-state index is 0.622. The number of benzene rings is 1. The number of aryl methyl sites for hydroxylation is 1. The predicted octanol–water partition coefficient (Wildman–Crippen LogP) is 2.63. The van der Waals surface area contributed by atoms with Crippen LogP contribution in [0.3, 0.4) is 0 Å². The Morgan fingerprint density at radius 2 is 1.90 bits per heavy atom. The number of aromatic nitrogens is 3. The molecule has 4 nitrogen and oxygen atoms in total. The summed E-state index contributed by atoms with van der Waals surface area (Å²) in [4.78, 5) is 0. The van der Waals surface area contributed by atoms with Gasteiger partial charge in [-0.05, 0) is 37.2 Å². The molecule has 0 saturated heterocycles. The highest BCUT2D eigenvalue weighted by molar-refractivity contribution is 5.20. The number of nitrogens with one attached hydrogen (secondary N) is 1. The molecule has 1 aromatic carbocycles. The fourth-order valence-corrected chi connectivity index (χ4v) is 3.08. The first kappa shape index (κ1) is 13.3. The van der Waals surface area contributed by atoms with Gasteiger partial charge in [0.2, 0.25) is 0 Å². The van der Waals surface area contributed by atoms with Crippen LogP contribution >= 0.6 is 0 Å². The quantitative estimate of drug-likeness (QED) is 0.928. The molecular weight excluding hydrogens is 248 g/mol. The van der Waals surface area contributed by atoms with Crippen LogP contribution in [0.15, 0.2) is 36.5 Å². The topological polar surface area (TPSA) is 42.7 Å². The van der Waals surface area contributed by atoms with Gasteiger partial charge in [0.15, 0.2) is 0 Å². The summed E-state index contributed by atoms with van der Waals surface area (Å²) in [7, 11) is 1.90. The SMILES string of the molecule is Cn1cc(CNC2CCC(c3ccccc3)CC2)nn1. The monoisotopic (exact) mass is 270 g/mol. The van der Waals surface area contributed by atoms with Gasteiger partial charge in [-0.2, -0.15) is 0 Å². The Hall–Kier alpha value is -1.68. The first-order valence-electron chi connectivity index (χ1n) is 7.45. The van der Waals surface area contributed by atoms with Crippen molar-refractivity contribution in [3.63, 3.8) is 0 Å². The molecule has 0 radical (unpaired) electrons. The number of nitrogens with zero attached hydrogens (tertiary/aromatic N) is 3. The van der Waals surface area contributed by atoms with Gasteiger partial charge >= 0.3 is 0 Å². The van der Waals surface area contributed by atoms with Crippen LogP contribution in [-0.4, -0.2) is 21.0 Å². The maximum absolute atomic E-state index is 4.11. The largest absolute Gasteiger partial charge is 0.308 e. The van der Waals surface area contributed by atoms with E-state index < -0.39 is 0 Å². The van der Waals surface area contributed by atoms with Gasteiger partial charge in [0, 0.05) is 25.8 Å². The van der Waals surface area contributed by atoms with Crippen molar-refractivity contribution in [2.45, 2.75) is 44.2 Å². The number of hydrogen-bond donors (Lipinski definition) is 1. The van der Waals surface area contributed by atoms with E-state index in [0.29, 0.717) is 6.04 Å². The van der Waals surface area contributed by atoms with Gasteiger partial charge in [-0.25, -0.2) is 0 Å². The lowest BCUT2D eigenvalue weighted by Crippen LogP contribution is -2.32. The highest BCUT2D eigenvalue weighted by Crippen LogP contribution is 2.32. The third-order valence-electron chi connectivity index (χ3n) is 4.22. The normalized spacial score (nSPS) is 22.9. The molecule has 3 rings (SSSR count). The zero-order chi connectivity index (χ0) is 13.8. The predicted molar refractivity (Wildman–Crippen MR) is 79.3 cm³/mol. The summed E-state index contributed by atoms with van der Waals surface area (Å²) in [5, 5.41) is 11.7. The van der Waals surface area contributed by atoms with Gasteiger partial charge in [0.25, 0.3) is 0 Å². The Bertz CT molecular complexity index is 526. The van der Waals surface area contributed by atoms with Crippen LogP contribution in [0.4, 0.5) is 0 Å². The third-order valence-corrected chi connectivity index (χ3v) is 4.22. The zero-order valence-corrected chi connectivity index (χ0v) is 12.0. The van der Waals surface area contributed by atoms with Crippen molar-refractivity contribution in [2.24, 2.45) is 7.05 Å². The van der Waals surface area contributed by atoms with Crippen molar-refractivity contribution >= 4 is 0 Å². The summed E-state index contributed by atoms with van der Waals surface area (Å²) in [6, 6.07) is 11.5. The molecule has 1 aliphatic rings. The van der Waals surface area contributed by atoms with Crippen LogP contribution in [0.25, 0.3) is 0 Å². The van der Waals surface area contributed by atoms with Crippen molar-refractivity contribution in [3.05, 3.63) is 47.8 Å². The Morgan fingerprint density at radius 3 is 2.55 bits per heavy atom. The van der Waals surface area contributed by atoms with Crippen LogP contribution in [0.2, 0.25) is 0 Å². The van der Waals surface area contributed by atoms with Crippen LogP contribution in [0, 0.1) is 0 Å². The molecule has 106 valence electrons. The summed E-state index contributed by atoms with van der Waals surface area (Å²) < 4.78 is 1.75. The fraction of sp³-hybridized carbons (Fsp3) is 0.500. The third kappa shape index (κ3) is 3.25. The zero-order valence-electron chi connectivity index (χ0n) is 12.0. The maximum Gasteiger partial charge on any atom is 0.0964 e. The molecular formula is C16H22N4. The van der Waals surface area contributed by atoms with E-state index in [1.54, 1.807) is 4.68 Å².